The van der Waals surface area contributed by atoms with Gasteiger partial charge in [0.15, 0.2) is 0 Å². The SMILES string of the molecule is O=C(O)CCS(=O)(=O)Nc1ccc(OC(F)F)c(Cl)c1. The summed E-state index contributed by atoms with van der Waals surface area (Å²) >= 11 is 5.64. The van der Waals surface area contributed by atoms with Crippen LogP contribution >= 0.6 is 11.6 Å². The summed E-state index contributed by atoms with van der Waals surface area (Å²) in [5.41, 5.74) is 0.0157. The van der Waals surface area contributed by atoms with E-state index < -0.39 is 34.8 Å². The van der Waals surface area contributed by atoms with E-state index in [2.05, 4.69) is 9.46 Å². The highest BCUT2D eigenvalue weighted by Crippen LogP contribution is 2.29. The van der Waals surface area contributed by atoms with Gasteiger partial charge >= 0.3 is 12.6 Å². The molecule has 0 aromatic heterocycles. The second kappa shape index (κ2) is 6.71. The van der Waals surface area contributed by atoms with Gasteiger partial charge in [0.2, 0.25) is 10.0 Å². The van der Waals surface area contributed by atoms with Gasteiger partial charge in [-0.15, -0.1) is 0 Å². The summed E-state index contributed by atoms with van der Waals surface area (Å²) in [5.74, 6) is -2.17. The van der Waals surface area contributed by atoms with E-state index in [9.17, 15) is 22.0 Å². The van der Waals surface area contributed by atoms with Crippen molar-refractivity contribution in [2.24, 2.45) is 0 Å². The van der Waals surface area contributed by atoms with E-state index in [4.69, 9.17) is 16.7 Å². The quantitative estimate of drug-likeness (QED) is 0.799. The monoisotopic (exact) mass is 329 g/mol. The summed E-state index contributed by atoms with van der Waals surface area (Å²) in [6, 6.07) is 3.32. The lowest BCUT2D eigenvalue weighted by molar-refractivity contribution is -0.136. The first kappa shape index (κ1) is 16.4. The third-order valence-corrected chi connectivity index (χ3v) is 3.59. The molecule has 10 heteroatoms. The highest BCUT2D eigenvalue weighted by atomic mass is 35.5. The molecule has 0 aliphatic carbocycles. The van der Waals surface area contributed by atoms with Gasteiger partial charge in [0, 0.05) is 0 Å². The minimum atomic E-state index is -3.86. The van der Waals surface area contributed by atoms with Gasteiger partial charge in [-0.2, -0.15) is 8.78 Å². The van der Waals surface area contributed by atoms with Crippen molar-refractivity contribution in [3.05, 3.63) is 23.2 Å². The molecule has 112 valence electrons. The second-order valence-electron chi connectivity index (χ2n) is 3.59. The number of anilines is 1. The van der Waals surface area contributed by atoms with Crippen molar-refractivity contribution in [1.82, 2.24) is 0 Å². The molecular weight excluding hydrogens is 320 g/mol. The van der Waals surface area contributed by atoms with Gasteiger partial charge in [-0.25, -0.2) is 8.42 Å². The lowest BCUT2D eigenvalue weighted by atomic mass is 10.3. The summed E-state index contributed by atoms with van der Waals surface area (Å²) in [6.07, 6.45) is -0.560. The molecule has 0 aliphatic rings. The smallest absolute Gasteiger partial charge is 0.387 e. The van der Waals surface area contributed by atoms with Crippen LogP contribution in [0.25, 0.3) is 0 Å². The van der Waals surface area contributed by atoms with Gasteiger partial charge in [0.05, 0.1) is 22.9 Å². The number of hydrogen-bond donors (Lipinski definition) is 2. The van der Waals surface area contributed by atoms with Gasteiger partial charge < -0.3 is 9.84 Å². The molecule has 0 amide bonds. The van der Waals surface area contributed by atoms with Gasteiger partial charge in [-0.1, -0.05) is 11.6 Å². The first-order chi connectivity index (χ1) is 9.19. The summed E-state index contributed by atoms with van der Waals surface area (Å²) in [7, 11) is -3.86. The molecule has 0 spiro atoms. The lowest BCUT2D eigenvalue weighted by Crippen LogP contribution is -2.18. The number of sulfonamides is 1. The van der Waals surface area contributed by atoms with Gasteiger partial charge in [-0.05, 0) is 18.2 Å². The molecule has 20 heavy (non-hydrogen) atoms. The average Bonchev–Trinajstić information content (AvgIpc) is 2.29. The molecule has 0 radical (unpaired) electrons. The van der Waals surface area contributed by atoms with Crippen LogP contribution < -0.4 is 9.46 Å². The fraction of sp³-hybridized carbons (Fsp3) is 0.300. The largest absolute Gasteiger partial charge is 0.481 e. The Morgan fingerprint density at radius 2 is 2.10 bits per heavy atom. The fourth-order valence-corrected chi connectivity index (χ4v) is 2.46. The summed E-state index contributed by atoms with van der Waals surface area (Å²) < 4.78 is 53.2. The molecular formula is C10H10ClF2NO5S. The van der Waals surface area contributed by atoms with Gasteiger partial charge in [0.25, 0.3) is 0 Å². The number of nitrogens with one attached hydrogen (secondary N) is 1. The Labute approximate surface area is 118 Å². The number of benzene rings is 1. The minimum absolute atomic E-state index is 0.0157. The van der Waals surface area contributed by atoms with Crippen molar-refractivity contribution >= 4 is 33.3 Å². The van der Waals surface area contributed by atoms with E-state index in [0.717, 1.165) is 12.1 Å². The van der Waals surface area contributed by atoms with E-state index in [-0.39, 0.29) is 16.5 Å². The summed E-state index contributed by atoms with van der Waals surface area (Å²) in [5, 5.41) is 8.20. The molecule has 0 bridgehead atoms. The number of ether oxygens (including phenoxy) is 1. The Hall–Kier alpha value is -1.61. The zero-order valence-electron chi connectivity index (χ0n) is 9.85. The van der Waals surface area contributed by atoms with Crippen LogP contribution in [0.4, 0.5) is 14.5 Å². The molecule has 0 atom stereocenters. The van der Waals surface area contributed by atoms with E-state index in [0.29, 0.717) is 0 Å². The molecule has 1 aromatic carbocycles. The number of hydrogen-bond acceptors (Lipinski definition) is 4. The number of rotatable bonds is 7. The van der Waals surface area contributed by atoms with Crippen molar-refractivity contribution in [2.45, 2.75) is 13.0 Å². The average molecular weight is 330 g/mol. The topological polar surface area (TPSA) is 92.7 Å². The molecule has 2 N–H and O–H groups in total. The lowest BCUT2D eigenvalue weighted by Gasteiger charge is -2.10. The van der Waals surface area contributed by atoms with Crippen LogP contribution in [0, 0.1) is 0 Å². The van der Waals surface area contributed by atoms with Crippen LogP contribution in [-0.2, 0) is 14.8 Å². The maximum atomic E-state index is 12.0. The number of carboxylic acid groups (broad SMARTS) is 1. The Balaban J connectivity index is 2.78. The Morgan fingerprint density at radius 3 is 2.60 bits per heavy atom. The Morgan fingerprint density at radius 1 is 1.45 bits per heavy atom. The minimum Gasteiger partial charge on any atom is -0.481 e. The zero-order chi connectivity index (χ0) is 15.3. The highest BCUT2D eigenvalue weighted by Gasteiger charge is 2.15. The van der Waals surface area contributed by atoms with Crippen LogP contribution in [0.5, 0.6) is 5.75 Å². The molecule has 0 saturated heterocycles. The maximum absolute atomic E-state index is 12.0. The molecule has 0 saturated carbocycles. The normalized spacial score (nSPS) is 11.4. The van der Waals surface area contributed by atoms with Crippen molar-refractivity contribution < 1.29 is 31.8 Å². The third-order valence-electron chi connectivity index (χ3n) is 2.01. The maximum Gasteiger partial charge on any atom is 0.387 e. The van der Waals surface area contributed by atoms with E-state index in [1.54, 1.807) is 0 Å². The van der Waals surface area contributed by atoms with E-state index in [1.807, 2.05) is 0 Å². The van der Waals surface area contributed by atoms with E-state index >= 15 is 0 Å². The number of halogens is 3. The second-order valence-corrected chi connectivity index (χ2v) is 5.84. The van der Waals surface area contributed by atoms with Gasteiger partial charge in [-0.3, -0.25) is 9.52 Å². The zero-order valence-corrected chi connectivity index (χ0v) is 11.4. The van der Waals surface area contributed by atoms with Crippen molar-refractivity contribution in [3.63, 3.8) is 0 Å². The number of alkyl halides is 2. The first-order valence-electron chi connectivity index (χ1n) is 5.16. The van der Waals surface area contributed by atoms with Crippen LogP contribution in [-0.4, -0.2) is 31.9 Å². The van der Waals surface area contributed by atoms with Gasteiger partial charge in [0.1, 0.15) is 5.75 Å². The molecule has 6 nitrogen and oxygen atoms in total. The predicted octanol–water partition coefficient (Wildman–Crippen LogP) is 2.16. The number of carboxylic acids is 1. The molecule has 0 fully saturated rings. The van der Waals surface area contributed by atoms with Crippen molar-refractivity contribution in [2.75, 3.05) is 10.5 Å². The fourth-order valence-electron chi connectivity index (χ4n) is 1.21. The third kappa shape index (κ3) is 5.57. The molecule has 1 aromatic rings. The predicted molar refractivity (Wildman–Crippen MR) is 67.7 cm³/mol. The van der Waals surface area contributed by atoms with Crippen molar-refractivity contribution in [1.29, 1.82) is 0 Å². The van der Waals surface area contributed by atoms with Crippen LogP contribution in [0.15, 0.2) is 18.2 Å². The summed E-state index contributed by atoms with van der Waals surface area (Å²) in [4.78, 5) is 10.3. The van der Waals surface area contributed by atoms with Crippen LogP contribution in [0.3, 0.4) is 0 Å². The van der Waals surface area contributed by atoms with E-state index in [1.165, 1.54) is 6.07 Å². The molecule has 0 aliphatic heterocycles. The Kier molecular flexibility index (Phi) is 5.52. The Bertz CT molecular complexity index is 593. The van der Waals surface area contributed by atoms with Crippen LogP contribution in [0.1, 0.15) is 6.42 Å². The summed E-state index contributed by atoms with van der Waals surface area (Å²) in [6.45, 7) is -3.05. The first-order valence-corrected chi connectivity index (χ1v) is 7.19. The standard InChI is InChI=1S/C10H10ClF2NO5S/c11-7-5-6(1-2-8(7)19-10(12)13)14-20(17,18)4-3-9(15)16/h1-2,5,10,14H,3-4H2,(H,15,16). The van der Waals surface area contributed by atoms with Crippen molar-refractivity contribution in [3.8, 4) is 5.75 Å². The molecule has 0 heterocycles. The molecule has 0 unspecified atom stereocenters. The molecule has 1 rings (SSSR count). The number of carbonyl (C=O) groups is 1. The number of aliphatic carboxylic acids is 1. The van der Waals surface area contributed by atoms with Crippen LogP contribution in [0.2, 0.25) is 5.02 Å². The highest BCUT2D eigenvalue weighted by molar-refractivity contribution is 7.92.